The zero-order valence-corrected chi connectivity index (χ0v) is 35.4. The molecule has 2 saturated heterocycles. The zero-order chi connectivity index (χ0) is 44.6. The number of aromatic nitrogens is 4. The van der Waals surface area contributed by atoms with Crippen LogP contribution < -0.4 is 15.1 Å². The number of para-hydroxylation sites is 2. The van der Waals surface area contributed by atoms with Crippen LogP contribution in [0.4, 0.5) is 37.7 Å². The quantitative estimate of drug-likeness (QED) is 0.133. The number of alkyl halides is 6. The average Bonchev–Trinajstić information content (AvgIpc) is 4.02. The number of benzene rings is 4. The van der Waals surface area contributed by atoms with Gasteiger partial charge in [-0.3, -0.25) is 9.59 Å². The first-order valence-electron chi connectivity index (χ1n) is 20.3. The summed E-state index contributed by atoms with van der Waals surface area (Å²) in [5.74, 6) is -3.09. The molecule has 8 rings (SSSR count). The Bertz CT molecular complexity index is 2400. The lowest BCUT2D eigenvalue weighted by atomic mass is 9.95. The third-order valence-corrected chi connectivity index (χ3v) is 10.8. The molecule has 0 radical (unpaired) electrons. The number of amides is 2. The summed E-state index contributed by atoms with van der Waals surface area (Å²) in [6.45, 7) is 4.11. The number of hydrogen-bond acceptors (Lipinski definition) is 10. The lowest BCUT2D eigenvalue weighted by molar-refractivity contribution is -0.157. The molecule has 2 amide bonds. The highest BCUT2D eigenvalue weighted by Gasteiger charge is 2.39. The Kier molecular flexibility index (Phi) is 15.6. The van der Waals surface area contributed by atoms with E-state index in [0.717, 1.165) is 74.4 Å². The summed E-state index contributed by atoms with van der Waals surface area (Å²) in [6, 6.07) is 32.4. The van der Waals surface area contributed by atoms with E-state index in [-0.39, 0.29) is 47.8 Å². The van der Waals surface area contributed by atoms with E-state index in [2.05, 4.69) is 37.7 Å². The minimum Gasteiger partial charge on any atom is -0.413 e. The first-order chi connectivity index (χ1) is 30.2. The number of halogens is 7. The number of nitrogens with zero attached hydrogens (tertiary/aromatic N) is 7. The lowest BCUT2D eigenvalue weighted by Gasteiger charge is -2.32. The molecule has 2 fully saturated rings. The Morgan fingerprint density at radius 2 is 0.969 bits per heavy atom. The van der Waals surface area contributed by atoms with Gasteiger partial charge >= 0.3 is 24.1 Å². The maximum atomic E-state index is 13.4. The summed E-state index contributed by atoms with van der Waals surface area (Å²) in [5.41, 5.74) is 4.06. The van der Waals surface area contributed by atoms with Crippen molar-refractivity contribution in [2.24, 2.45) is 11.8 Å². The number of hydrogen-bond donors (Lipinski definition) is 1. The third-order valence-electron chi connectivity index (χ3n) is 10.8. The van der Waals surface area contributed by atoms with Gasteiger partial charge in [0, 0.05) is 34.3 Å². The van der Waals surface area contributed by atoms with Crippen LogP contribution >= 0.6 is 12.4 Å². The van der Waals surface area contributed by atoms with Crippen molar-refractivity contribution in [2.75, 3.05) is 43.0 Å². The van der Waals surface area contributed by atoms with E-state index in [1.54, 1.807) is 58.3 Å². The second-order valence-electron chi connectivity index (χ2n) is 15.3. The summed E-state index contributed by atoms with van der Waals surface area (Å²) in [5, 5.41) is 16.3. The maximum Gasteiger partial charge on any atom is 0.470 e. The predicted molar refractivity (Wildman–Crippen MR) is 228 cm³/mol. The highest BCUT2D eigenvalue weighted by atomic mass is 35.5. The fourth-order valence-corrected chi connectivity index (χ4v) is 7.35. The van der Waals surface area contributed by atoms with Crippen LogP contribution in [0.5, 0.6) is 0 Å². The summed E-state index contributed by atoms with van der Waals surface area (Å²) < 4.78 is 85.6. The Balaban J connectivity index is 0.000000209. The lowest BCUT2D eigenvalue weighted by Crippen LogP contribution is -2.41. The van der Waals surface area contributed by atoms with Gasteiger partial charge < -0.3 is 28.9 Å². The van der Waals surface area contributed by atoms with Crippen molar-refractivity contribution < 1.29 is 44.8 Å². The van der Waals surface area contributed by atoms with Gasteiger partial charge in [0.05, 0.1) is 13.1 Å². The molecular weight excluding hydrogens is 866 g/mol. The van der Waals surface area contributed by atoms with Crippen LogP contribution in [-0.4, -0.2) is 70.3 Å². The standard InChI is InChI=1S/C23H23F3N4O2.C22H21F3N4O2.ClH/c1-29-13-11-18(12-14-29)21(31)30(19-5-3-2-4-6-19)15-16-7-9-17(10-8-16)20-27-28-22(32-20)23(24,25)26;23-22(24,25)21-28-27-19(31-21)16-8-6-15(7-9-16)14-29(18-4-2-1-3-5-18)20(30)17-10-12-26-13-11-17;/h2-10,18H,11-15H2,1H3;1-9,17,26H,10-14H2;1H. The van der Waals surface area contributed by atoms with Gasteiger partial charge in [-0.15, -0.1) is 32.8 Å². The Morgan fingerprint density at radius 3 is 1.33 bits per heavy atom. The summed E-state index contributed by atoms with van der Waals surface area (Å²) in [4.78, 5) is 32.4. The number of anilines is 2. The van der Waals surface area contributed by atoms with Crippen molar-refractivity contribution in [1.29, 1.82) is 0 Å². The molecule has 6 aromatic rings. The van der Waals surface area contributed by atoms with Crippen molar-refractivity contribution in [3.8, 4) is 22.9 Å². The van der Waals surface area contributed by atoms with Crippen molar-refractivity contribution in [2.45, 2.75) is 51.1 Å². The molecular formula is C45H45ClF6N8O4. The maximum absolute atomic E-state index is 13.4. The number of nitrogens with one attached hydrogen (secondary N) is 1. The highest BCUT2D eigenvalue weighted by Crippen LogP contribution is 2.33. The second kappa shape index (κ2) is 21.0. The third kappa shape index (κ3) is 12.1. The van der Waals surface area contributed by atoms with Gasteiger partial charge in [0.2, 0.25) is 23.6 Å². The Labute approximate surface area is 371 Å². The van der Waals surface area contributed by atoms with E-state index in [4.69, 9.17) is 8.83 Å². The van der Waals surface area contributed by atoms with Crippen molar-refractivity contribution in [1.82, 2.24) is 30.6 Å². The minimum atomic E-state index is -4.68. The largest absolute Gasteiger partial charge is 0.470 e. The normalized spacial score (nSPS) is 15.1. The van der Waals surface area contributed by atoms with Crippen LogP contribution in [0, 0.1) is 11.8 Å². The molecule has 4 aromatic carbocycles. The van der Waals surface area contributed by atoms with Crippen LogP contribution in [0.15, 0.2) is 118 Å². The monoisotopic (exact) mass is 910 g/mol. The van der Waals surface area contributed by atoms with Crippen molar-refractivity contribution >= 4 is 35.6 Å². The molecule has 12 nitrogen and oxygen atoms in total. The van der Waals surface area contributed by atoms with Gasteiger partial charge in [-0.2, -0.15) is 26.3 Å². The fourth-order valence-electron chi connectivity index (χ4n) is 7.35. The molecule has 0 atom stereocenters. The number of rotatable bonds is 10. The molecule has 2 aromatic heterocycles. The number of carbonyl (C=O) groups is 2. The first kappa shape index (κ1) is 47.4. The first-order valence-corrected chi connectivity index (χ1v) is 20.3. The Hall–Kier alpha value is -6.11. The van der Waals surface area contributed by atoms with Crippen LogP contribution in [0.2, 0.25) is 0 Å². The van der Waals surface area contributed by atoms with E-state index in [1.165, 1.54) is 0 Å². The predicted octanol–water partition coefficient (Wildman–Crippen LogP) is 9.34. The SMILES string of the molecule is CN1CCC(C(=O)N(Cc2ccc(-c3nnc(C(F)(F)F)o3)cc2)c2ccccc2)CC1.Cl.O=C(C1CCNCC1)N(Cc1ccc(-c2nnc(C(F)(F)F)o2)cc1)c1ccccc1. The molecule has 0 unspecified atom stereocenters. The van der Waals surface area contributed by atoms with E-state index in [1.807, 2.05) is 60.7 Å². The van der Waals surface area contributed by atoms with E-state index >= 15 is 0 Å². The van der Waals surface area contributed by atoms with E-state index in [0.29, 0.717) is 24.2 Å². The summed E-state index contributed by atoms with van der Waals surface area (Å²) in [6.07, 6.45) is -6.15. The molecule has 338 valence electrons. The molecule has 64 heavy (non-hydrogen) atoms. The molecule has 0 bridgehead atoms. The molecule has 1 N–H and O–H groups in total. The average molecular weight is 911 g/mol. The molecule has 19 heteroatoms. The van der Waals surface area contributed by atoms with Gasteiger partial charge in [0.1, 0.15) is 0 Å². The van der Waals surface area contributed by atoms with E-state index in [9.17, 15) is 35.9 Å². The molecule has 2 aliphatic heterocycles. The molecule has 0 saturated carbocycles. The van der Waals surface area contributed by atoms with E-state index < -0.39 is 24.1 Å². The Morgan fingerprint density at radius 1 is 0.594 bits per heavy atom. The molecule has 0 aliphatic carbocycles. The van der Waals surface area contributed by atoms with Crippen LogP contribution in [0.3, 0.4) is 0 Å². The van der Waals surface area contributed by atoms with Crippen molar-refractivity contribution in [3.05, 3.63) is 132 Å². The van der Waals surface area contributed by atoms with Crippen LogP contribution in [0.25, 0.3) is 22.9 Å². The zero-order valence-electron chi connectivity index (χ0n) is 34.6. The second-order valence-corrected chi connectivity index (χ2v) is 15.3. The van der Waals surface area contributed by atoms with Crippen LogP contribution in [0.1, 0.15) is 48.6 Å². The molecule has 0 spiro atoms. The van der Waals surface area contributed by atoms with Crippen molar-refractivity contribution in [3.63, 3.8) is 0 Å². The molecule has 4 heterocycles. The summed E-state index contributed by atoms with van der Waals surface area (Å²) in [7, 11) is 2.05. The van der Waals surface area contributed by atoms with Gasteiger partial charge in [-0.05, 0) is 119 Å². The highest BCUT2D eigenvalue weighted by molar-refractivity contribution is 5.95. The minimum absolute atomic E-state index is 0. The summed E-state index contributed by atoms with van der Waals surface area (Å²) >= 11 is 0. The number of likely N-dealkylation sites (tertiary alicyclic amines) is 1. The number of piperidine rings is 2. The number of carbonyl (C=O) groups excluding carboxylic acids is 2. The topological polar surface area (TPSA) is 134 Å². The van der Waals surface area contributed by atoms with Gasteiger partial charge in [0.15, 0.2) is 0 Å². The van der Waals surface area contributed by atoms with Gasteiger partial charge in [-0.25, -0.2) is 0 Å². The smallest absolute Gasteiger partial charge is 0.413 e. The fraction of sp³-hybridized carbons (Fsp3) is 0.333. The van der Waals surface area contributed by atoms with Gasteiger partial charge in [0.25, 0.3) is 0 Å². The van der Waals surface area contributed by atoms with Gasteiger partial charge in [-0.1, -0.05) is 60.7 Å². The molecule has 2 aliphatic rings. The van der Waals surface area contributed by atoms with Crippen LogP contribution in [-0.2, 0) is 35.0 Å².